The van der Waals surface area contributed by atoms with Gasteiger partial charge in [0.15, 0.2) is 0 Å². The van der Waals surface area contributed by atoms with Gasteiger partial charge >= 0.3 is 0 Å². The van der Waals surface area contributed by atoms with Gasteiger partial charge in [-0.3, -0.25) is 0 Å². The first-order chi connectivity index (χ1) is 10.2. The topological polar surface area (TPSA) is 24.9 Å². The van der Waals surface area contributed by atoms with Crippen LogP contribution in [0.3, 0.4) is 0 Å². The maximum Gasteiger partial charge on any atom is 0.0965 e. The Labute approximate surface area is 132 Å². The first-order valence-corrected chi connectivity index (χ1v) is 9.75. The smallest absolute Gasteiger partial charge is 0.0965 e. The third kappa shape index (κ3) is 2.68. The predicted octanol–water partition coefficient (Wildman–Crippen LogP) is 4.46. The van der Waals surface area contributed by atoms with Crippen molar-refractivity contribution >= 4 is 11.3 Å². The van der Waals surface area contributed by atoms with Crippen molar-refractivity contribution < 1.29 is 0 Å². The minimum absolute atomic E-state index is 0.582. The van der Waals surface area contributed by atoms with Crippen LogP contribution in [0.15, 0.2) is 0 Å². The number of thiazole rings is 1. The highest BCUT2D eigenvalue weighted by atomic mass is 32.1. The monoisotopic (exact) mass is 304 g/mol. The van der Waals surface area contributed by atoms with Crippen molar-refractivity contribution in [1.82, 2.24) is 10.3 Å². The van der Waals surface area contributed by atoms with Crippen LogP contribution in [0.1, 0.15) is 79.8 Å². The zero-order chi connectivity index (χ0) is 14.4. The molecule has 3 heteroatoms. The maximum absolute atomic E-state index is 5.19. The van der Waals surface area contributed by atoms with E-state index in [1.165, 1.54) is 55.6 Å². The number of nitrogens with one attached hydrogen (secondary N) is 1. The van der Waals surface area contributed by atoms with Gasteiger partial charge in [0.2, 0.25) is 0 Å². The maximum atomic E-state index is 5.19. The Kier molecular flexibility index (Phi) is 3.83. The molecule has 3 aliphatic rings. The van der Waals surface area contributed by atoms with Crippen molar-refractivity contribution in [3.05, 3.63) is 15.6 Å². The SMILES string of the molecule is CC(C)NCC1CCCc2sc(C3CC4CCC3C4)nc21. The summed E-state index contributed by atoms with van der Waals surface area (Å²) in [6, 6.07) is 0.582. The molecule has 0 amide bonds. The molecule has 0 radical (unpaired) electrons. The molecular formula is C18H28N2S. The van der Waals surface area contributed by atoms with Gasteiger partial charge in [-0.1, -0.05) is 20.3 Å². The van der Waals surface area contributed by atoms with E-state index in [1.807, 2.05) is 0 Å². The molecule has 0 spiro atoms. The van der Waals surface area contributed by atoms with E-state index in [2.05, 4.69) is 30.5 Å². The summed E-state index contributed by atoms with van der Waals surface area (Å²) in [5.41, 5.74) is 1.47. The summed E-state index contributed by atoms with van der Waals surface area (Å²) in [6.45, 7) is 5.60. The fraction of sp³-hybridized carbons (Fsp3) is 0.833. The summed E-state index contributed by atoms with van der Waals surface area (Å²) in [5, 5.41) is 5.13. The lowest BCUT2D eigenvalue weighted by atomic mass is 9.88. The molecule has 2 saturated carbocycles. The zero-order valence-electron chi connectivity index (χ0n) is 13.4. The number of hydrogen-bond donors (Lipinski definition) is 1. The standard InChI is InChI=1S/C18H28N2S/c1-11(2)19-10-14-4-3-5-16-17(14)20-18(21-16)15-9-12-6-7-13(15)8-12/h11-15,19H,3-10H2,1-2H3. The molecule has 1 aromatic rings. The molecule has 4 unspecified atom stereocenters. The lowest BCUT2D eigenvalue weighted by Gasteiger charge is -2.22. The van der Waals surface area contributed by atoms with Crippen molar-refractivity contribution in [2.75, 3.05) is 6.54 Å². The lowest BCUT2D eigenvalue weighted by molar-refractivity contribution is 0.416. The normalized spacial score (nSPS) is 34.6. The molecule has 3 aliphatic carbocycles. The van der Waals surface area contributed by atoms with Crippen molar-refractivity contribution in [1.29, 1.82) is 0 Å². The van der Waals surface area contributed by atoms with Gasteiger partial charge in [0.25, 0.3) is 0 Å². The highest BCUT2D eigenvalue weighted by Gasteiger charge is 2.42. The van der Waals surface area contributed by atoms with Crippen LogP contribution in [-0.4, -0.2) is 17.6 Å². The Morgan fingerprint density at radius 3 is 2.86 bits per heavy atom. The van der Waals surface area contributed by atoms with Gasteiger partial charge in [-0.15, -0.1) is 11.3 Å². The fourth-order valence-electron chi connectivity index (χ4n) is 4.81. The minimum atomic E-state index is 0.582. The average Bonchev–Trinajstić information content (AvgIpc) is 3.18. The summed E-state index contributed by atoms with van der Waals surface area (Å²) in [7, 11) is 0. The van der Waals surface area contributed by atoms with E-state index >= 15 is 0 Å². The van der Waals surface area contributed by atoms with Crippen LogP contribution in [-0.2, 0) is 6.42 Å². The molecule has 1 heterocycles. The third-order valence-electron chi connectivity index (χ3n) is 5.92. The number of nitrogens with zero attached hydrogens (tertiary/aromatic N) is 1. The third-order valence-corrected chi connectivity index (χ3v) is 7.18. The highest BCUT2D eigenvalue weighted by Crippen LogP contribution is 2.54. The van der Waals surface area contributed by atoms with Crippen LogP contribution in [0.5, 0.6) is 0 Å². The second kappa shape index (κ2) is 5.66. The van der Waals surface area contributed by atoms with Crippen LogP contribution < -0.4 is 5.32 Å². The quantitative estimate of drug-likeness (QED) is 0.888. The number of aryl methyl sites for hydroxylation is 1. The average molecular weight is 305 g/mol. The molecule has 2 fully saturated rings. The van der Waals surface area contributed by atoms with E-state index in [1.54, 1.807) is 4.88 Å². The molecule has 116 valence electrons. The molecular weight excluding hydrogens is 276 g/mol. The first kappa shape index (κ1) is 14.2. The highest BCUT2D eigenvalue weighted by molar-refractivity contribution is 7.11. The Bertz CT molecular complexity index is 507. The molecule has 0 aromatic carbocycles. The van der Waals surface area contributed by atoms with E-state index in [-0.39, 0.29) is 0 Å². The van der Waals surface area contributed by atoms with Crippen LogP contribution in [0, 0.1) is 11.8 Å². The Morgan fingerprint density at radius 1 is 1.24 bits per heavy atom. The largest absolute Gasteiger partial charge is 0.314 e. The Balaban J connectivity index is 1.53. The first-order valence-electron chi connectivity index (χ1n) is 8.93. The lowest BCUT2D eigenvalue weighted by Crippen LogP contribution is -2.29. The van der Waals surface area contributed by atoms with Gasteiger partial charge in [-0.25, -0.2) is 4.98 Å². The van der Waals surface area contributed by atoms with Crippen LogP contribution >= 0.6 is 11.3 Å². The van der Waals surface area contributed by atoms with Crippen molar-refractivity contribution in [2.24, 2.45) is 11.8 Å². The Hall–Kier alpha value is -0.410. The summed E-state index contributed by atoms with van der Waals surface area (Å²) in [5.74, 6) is 3.48. The molecule has 1 N–H and O–H groups in total. The van der Waals surface area contributed by atoms with Crippen LogP contribution in [0.4, 0.5) is 0 Å². The Morgan fingerprint density at radius 2 is 2.14 bits per heavy atom. The van der Waals surface area contributed by atoms with E-state index in [9.17, 15) is 0 Å². The number of fused-ring (bicyclic) bond motifs is 3. The van der Waals surface area contributed by atoms with Crippen LogP contribution in [0.2, 0.25) is 0 Å². The molecule has 4 atom stereocenters. The molecule has 0 aliphatic heterocycles. The molecule has 2 nitrogen and oxygen atoms in total. The van der Waals surface area contributed by atoms with Gasteiger partial charge in [-0.05, 0) is 50.4 Å². The second-order valence-electron chi connectivity index (χ2n) is 7.79. The van der Waals surface area contributed by atoms with Crippen molar-refractivity contribution in [2.45, 2.75) is 76.7 Å². The molecule has 4 rings (SSSR count). The van der Waals surface area contributed by atoms with E-state index in [0.717, 1.165) is 24.3 Å². The summed E-state index contributed by atoms with van der Waals surface area (Å²) < 4.78 is 0. The van der Waals surface area contributed by atoms with Gasteiger partial charge < -0.3 is 5.32 Å². The van der Waals surface area contributed by atoms with E-state index in [4.69, 9.17) is 4.98 Å². The van der Waals surface area contributed by atoms with Gasteiger partial charge in [0.05, 0.1) is 10.7 Å². The number of aromatic nitrogens is 1. The number of hydrogen-bond acceptors (Lipinski definition) is 3. The number of rotatable bonds is 4. The van der Waals surface area contributed by atoms with E-state index < -0.39 is 0 Å². The zero-order valence-corrected chi connectivity index (χ0v) is 14.2. The van der Waals surface area contributed by atoms with E-state index in [0.29, 0.717) is 12.0 Å². The molecule has 2 bridgehead atoms. The molecule has 1 aromatic heterocycles. The van der Waals surface area contributed by atoms with Crippen molar-refractivity contribution in [3.8, 4) is 0 Å². The predicted molar refractivity (Wildman–Crippen MR) is 89.1 cm³/mol. The van der Waals surface area contributed by atoms with Crippen LogP contribution in [0.25, 0.3) is 0 Å². The summed E-state index contributed by atoms with van der Waals surface area (Å²) in [6.07, 6.45) is 9.86. The summed E-state index contributed by atoms with van der Waals surface area (Å²) in [4.78, 5) is 6.81. The van der Waals surface area contributed by atoms with Gasteiger partial charge in [-0.2, -0.15) is 0 Å². The second-order valence-corrected chi connectivity index (χ2v) is 8.91. The fourth-order valence-corrected chi connectivity index (χ4v) is 6.21. The molecule has 0 saturated heterocycles. The van der Waals surface area contributed by atoms with Gasteiger partial charge in [0, 0.05) is 29.3 Å². The van der Waals surface area contributed by atoms with Crippen molar-refractivity contribution in [3.63, 3.8) is 0 Å². The minimum Gasteiger partial charge on any atom is -0.314 e. The van der Waals surface area contributed by atoms with Gasteiger partial charge in [0.1, 0.15) is 0 Å². The summed E-state index contributed by atoms with van der Waals surface area (Å²) >= 11 is 2.07. The molecule has 21 heavy (non-hydrogen) atoms.